The minimum Gasteiger partial charge on any atom is -0.330 e. The molecule has 15 heavy (non-hydrogen) atoms. The van der Waals surface area contributed by atoms with Crippen LogP contribution in [0.3, 0.4) is 0 Å². The van der Waals surface area contributed by atoms with Gasteiger partial charge in [0.25, 0.3) is 0 Å². The Kier molecular flexibility index (Phi) is 2.44. The third kappa shape index (κ3) is 1.90. The van der Waals surface area contributed by atoms with E-state index in [9.17, 15) is 0 Å². The van der Waals surface area contributed by atoms with Gasteiger partial charge < -0.3 is 10.3 Å². The highest BCUT2D eigenvalue weighted by Gasteiger charge is 2.36. The van der Waals surface area contributed by atoms with Crippen LogP contribution in [-0.4, -0.2) is 27.1 Å². The van der Waals surface area contributed by atoms with Crippen LogP contribution in [0.5, 0.6) is 0 Å². The summed E-state index contributed by atoms with van der Waals surface area (Å²) in [6.07, 6.45) is 5.20. The molecule has 2 aliphatic carbocycles. The average molecular weight is 224 g/mol. The molecule has 2 aliphatic rings. The van der Waals surface area contributed by atoms with Crippen molar-refractivity contribution in [2.75, 3.05) is 12.3 Å². The molecule has 4 nitrogen and oxygen atoms in total. The van der Waals surface area contributed by atoms with E-state index in [0.29, 0.717) is 18.5 Å². The lowest BCUT2D eigenvalue weighted by Gasteiger charge is -2.07. The maximum Gasteiger partial charge on any atom is 0.191 e. The fourth-order valence-electron chi connectivity index (χ4n) is 1.83. The van der Waals surface area contributed by atoms with E-state index in [-0.39, 0.29) is 0 Å². The second kappa shape index (κ2) is 3.79. The van der Waals surface area contributed by atoms with Gasteiger partial charge in [0.2, 0.25) is 0 Å². The predicted molar refractivity (Wildman–Crippen MR) is 60.0 cm³/mol. The van der Waals surface area contributed by atoms with Crippen LogP contribution in [0.2, 0.25) is 0 Å². The SMILES string of the molecule is NCCSc1nnc(C2CC2)n1C1CC1. The Bertz CT molecular complexity index is 354. The standard InChI is InChI=1S/C10H16N4S/c11-5-6-15-10-13-12-9(7-1-2-7)14(10)8-3-4-8/h7-8H,1-6,11H2. The van der Waals surface area contributed by atoms with Crippen LogP contribution in [0.4, 0.5) is 0 Å². The quantitative estimate of drug-likeness (QED) is 0.771. The summed E-state index contributed by atoms with van der Waals surface area (Å²) in [4.78, 5) is 0. The maximum absolute atomic E-state index is 5.52. The van der Waals surface area contributed by atoms with Crippen molar-refractivity contribution >= 4 is 11.8 Å². The molecule has 5 heteroatoms. The van der Waals surface area contributed by atoms with Gasteiger partial charge in [-0.05, 0) is 25.7 Å². The van der Waals surface area contributed by atoms with E-state index in [0.717, 1.165) is 10.9 Å². The van der Waals surface area contributed by atoms with Crippen molar-refractivity contribution in [3.8, 4) is 0 Å². The number of thioether (sulfide) groups is 1. The molecule has 0 spiro atoms. The highest BCUT2D eigenvalue weighted by atomic mass is 32.2. The van der Waals surface area contributed by atoms with E-state index in [1.54, 1.807) is 11.8 Å². The third-order valence-electron chi connectivity index (χ3n) is 2.89. The molecule has 0 atom stereocenters. The molecule has 1 aromatic rings. The first-order valence-corrected chi connectivity index (χ1v) is 6.66. The minimum atomic E-state index is 0.691. The normalized spacial score (nSPS) is 20.9. The van der Waals surface area contributed by atoms with E-state index < -0.39 is 0 Å². The Morgan fingerprint density at radius 3 is 2.67 bits per heavy atom. The molecule has 0 aromatic carbocycles. The largest absolute Gasteiger partial charge is 0.330 e. The van der Waals surface area contributed by atoms with E-state index in [1.807, 2.05) is 0 Å². The molecular weight excluding hydrogens is 208 g/mol. The van der Waals surface area contributed by atoms with Crippen LogP contribution in [0.15, 0.2) is 5.16 Å². The van der Waals surface area contributed by atoms with Crippen LogP contribution < -0.4 is 5.73 Å². The molecule has 0 unspecified atom stereocenters. The molecule has 0 radical (unpaired) electrons. The number of aromatic nitrogens is 3. The van der Waals surface area contributed by atoms with E-state index in [2.05, 4.69) is 14.8 Å². The fraction of sp³-hybridized carbons (Fsp3) is 0.800. The maximum atomic E-state index is 5.52. The zero-order valence-electron chi connectivity index (χ0n) is 8.72. The van der Waals surface area contributed by atoms with Gasteiger partial charge in [-0.3, -0.25) is 0 Å². The Labute approximate surface area is 93.6 Å². The lowest BCUT2D eigenvalue weighted by molar-refractivity contribution is 0.627. The first-order valence-electron chi connectivity index (χ1n) is 5.68. The molecule has 2 N–H and O–H groups in total. The van der Waals surface area contributed by atoms with Crippen molar-refractivity contribution < 1.29 is 0 Å². The average Bonchev–Trinajstić information content (AvgIpc) is 3.13. The highest BCUT2D eigenvalue weighted by molar-refractivity contribution is 7.99. The van der Waals surface area contributed by atoms with Crippen molar-refractivity contribution in [1.82, 2.24) is 14.8 Å². The highest BCUT2D eigenvalue weighted by Crippen LogP contribution is 2.45. The smallest absolute Gasteiger partial charge is 0.191 e. The summed E-state index contributed by atoms with van der Waals surface area (Å²) in [6.45, 7) is 0.709. The molecule has 0 saturated heterocycles. The van der Waals surface area contributed by atoms with Crippen LogP contribution in [0, 0.1) is 0 Å². The Balaban J connectivity index is 1.85. The molecular formula is C10H16N4S. The second-order valence-electron chi connectivity index (χ2n) is 4.35. The third-order valence-corrected chi connectivity index (χ3v) is 3.87. The number of hydrogen-bond donors (Lipinski definition) is 1. The summed E-state index contributed by atoms with van der Waals surface area (Å²) in [7, 11) is 0. The van der Waals surface area contributed by atoms with Crippen molar-refractivity contribution in [2.45, 2.75) is 42.8 Å². The summed E-state index contributed by atoms with van der Waals surface area (Å²) in [5.74, 6) is 2.87. The van der Waals surface area contributed by atoms with Gasteiger partial charge in [-0.1, -0.05) is 11.8 Å². The molecule has 2 fully saturated rings. The van der Waals surface area contributed by atoms with Gasteiger partial charge in [0, 0.05) is 24.3 Å². The van der Waals surface area contributed by atoms with Crippen molar-refractivity contribution in [2.24, 2.45) is 5.73 Å². The lowest BCUT2D eigenvalue weighted by Crippen LogP contribution is -2.05. The van der Waals surface area contributed by atoms with Gasteiger partial charge in [0.15, 0.2) is 5.16 Å². The first kappa shape index (κ1) is 9.66. The minimum absolute atomic E-state index is 0.691. The Morgan fingerprint density at radius 1 is 1.27 bits per heavy atom. The fourth-order valence-corrected chi connectivity index (χ4v) is 2.61. The van der Waals surface area contributed by atoms with Crippen LogP contribution in [-0.2, 0) is 0 Å². The summed E-state index contributed by atoms with van der Waals surface area (Å²) >= 11 is 1.75. The van der Waals surface area contributed by atoms with Gasteiger partial charge in [-0.25, -0.2) is 0 Å². The van der Waals surface area contributed by atoms with Crippen LogP contribution >= 0.6 is 11.8 Å². The van der Waals surface area contributed by atoms with Gasteiger partial charge in [0.05, 0.1) is 0 Å². The number of rotatable bonds is 5. The van der Waals surface area contributed by atoms with Gasteiger partial charge in [-0.2, -0.15) is 0 Å². The van der Waals surface area contributed by atoms with E-state index in [4.69, 9.17) is 5.73 Å². The topological polar surface area (TPSA) is 56.7 Å². The summed E-state index contributed by atoms with van der Waals surface area (Å²) < 4.78 is 2.37. The molecule has 0 aliphatic heterocycles. The molecule has 3 rings (SSSR count). The van der Waals surface area contributed by atoms with Crippen molar-refractivity contribution in [3.05, 3.63) is 5.82 Å². The first-order chi connectivity index (χ1) is 7.40. The van der Waals surface area contributed by atoms with Crippen LogP contribution in [0.25, 0.3) is 0 Å². The zero-order chi connectivity index (χ0) is 10.3. The van der Waals surface area contributed by atoms with Crippen LogP contribution in [0.1, 0.15) is 43.5 Å². The van der Waals surface area contributed by atoms with Gasteiger partial charge >= 0.3 is 0 Å². The van der Waals surface area contributed by atoms with Crippen molar-refractivity contribution in [1.29, 1.82) is 0 Å². The lowest BCUT2D eigenvalue weighted by atomic mass is 10.4. The van der Waals surface area contributed by atoms with E-state index in [1.165, 1.54) is 31.5 Å². The monoisotopic (exact) mass is 224 g/mol. The zero-order valence-corrected chi connectivity index (χ0v) is 9.54. The summed E-state index contributed by atoms with van der Waals surface area (Å²) in [5, 5.41) is 9.73. The molecule has 2 saturated carbocycles. The van der Waals surface area contributed by atoms with E-state index >= 15 is 0 Å². The Hall–Kier alpha value is -0.550. The summed E-state index contributed by atoms with van der Waals surface area (Å²) in [5.41, 5.74) is 5.52. The number of nitrogens with two attached hydrogens (primary N) is 1. The molecule has 82 valence electrons. The predicted octanol–water partition coefficient (Wildman–Crippen LogP) is 1.54. The van der Waals surface area contributed by atoms with Crippen molar-refractivity contribution in [3.63, 3.8) is 0 Å². The summed E-state index contributed by atoms with van der Waals surface area (Å²) in [6, 6.07) is 0.691. The number of nitrogens with zero attached hydrogens (tertiary/aromatic N) is 3. The molecule has 0 amide bonds. The second-order valence-corrected chi connectivity index (χ2v) is 5.42. The molecule has 1 heterocycles. The number of hydrogen-bond acceptors (Lipinski definition) is 4. The van der Waals surface area contributed by atoms with Gasteiger partial charge in [0.1, 0.15) is 5.82 Å². The Morgan fingerprint density at radius 2 is 2.07 bits per heavy atom. The molecule has 1 aromatic heterocycles. The van der Waals surface area contributed by atoms with Gasteiger partial charge in [-0.15, -0.1) is 10.2 Å². The molecule has 0 bridgehead atoms.